The average Bonchev–Trinajstić information content (AvgIpc) is 2.59. The summed E-state index contributed by atoms with van der Waals surface area (Å²) >= 11 is 0. The monoisotopic (exact) mass is 350 g/mol. The molecule has 0 atom stereocenters. The highest BCUT2D eigenvalue weighted by atomic mass is 19.4. The highest BCUT2D eigenvalue weighted by molar-refractivity contribution is 5.67. The molecule has 0 amide bonds. The molecule has 1 fully saturated rings. The van der Waals surface area contributed by atoms with Gasteiger partial charge in [-0.3, -0.25) is 4.98 Å². The van der Waals surface area contributed by atoms with Crippen molar-refractivity contribution >= 4 is 11.4 Å². The van der Waals surface area contributed by atoms with Crippen LogP contribution in [0.15, 0.2) is 24.4 Å². The number of aromatic nitrogens is 1. The molecule has 1 saturated carbocycles. The molecule has 1 heterocycles. The Balaban J connectivity index is 1.75. The van der Waals surface area contributed by atoms with Crippen molar-refractivity contribution in [3.63, 3.8) is 0 Å². The minimum Gasteiger partial charge on any atom is -0.354 e. The fourth-order valence-electron chi connectivity index (χ4n) is 4.34. The Labute approximate surface area is 143 Å². The summed E-state index contributed by atoms with van der Waals surface area (Å²) in [4.78, 5) is 4.44. The molecule has 3 aliphatic rings. The number of pyridine rings is 1. The van der Waals surface area contributed by atoms with Crippen molar-refractivity contribution in [1.82, 2.24) is 4.98 Å². The van der Waals surface area contributed by atoms with Gasteiger partial charge in [-0.15, -0.1) is 0 Å². The number of nitrogens with one attached hydrogen (secondary N) is 1. The van der Waals surface area contributed by atoms with Gasteiger partial charge < -0.3 is 5.32 Å². The zero-order valence-corrected chi connectivity index (χ0v) is 13.8. The van der Waals surface area contributed by atoms with Gasteiger partial charge >= 0.3 is 6.18 Å². The zero-order chi connectivity index (χ0) is 17.8. The average molecular weight is 350 g/mol. The molecule has 132 valence electrons. The molecular weight excluding hydrogens is 332 g/mol. The van der Waals surface area contributed by atoms with E-state index in [2.05, 4.69) is 10.3 Å². The van der Waals surface area contributed by atoms with Gasteiger partial charge in [-0.1, -0.05) is 0 Å². The molecule has 1 aromatic heterocycles. The third-order valence-electron chi connectivity index (χ3n) is 5.45. The minimum absolute atomic E-state index is 0.225. The van der Waals surface area contributed by atoms with E-state index in [-0.39, 0.29) is 5.69 Å². The Hall–Kier alpha value is -2.11. The van der Waals surface area contributed by atoms with Crippen LogP contribution in [-0.4, -0.2) is 4.98 Å². The fraction of sp³-hybridized carbons (Fsp3) is 0.421. The number of benzene rings is 1. The van der Waals surface area contributed by atoms with Crippen LogP contribution >= 0.6 is 0 Å². The first-order valence-corrected chi connectivity index (χ1v) is 8.47. The van der Waals surface area contributed by atoms with E-state index in [4.69, 9.17) is 0 Å². The number of alkyl halides is 3. The van der Waals surface area contributed by atoms with E-state index in [0.717, 1.165) is 49.2 Å². The van der Waals surface area contributed by atoms with Crippen molar-refractivity contribution in [3.8, 4) is 0 Å². The zero-order valence-electron chi connectivity index (χ0n) is 13.8. The first kappa shape index (κ1) is 16.4. The normalized spacial score (nSPS) is 22.0. The van der Waals surface area contributed by atoms with Gasteiger partial charge in [0.2, 0.25) is 0 Å². The molecule has 0 saturated heterocycles. The summed E-state index contributed by atoms with van der Waals surface area (Å²) in [5.41, 5.74) is 3.16. The topological polar surface area (TPSA) is 24.9 Å². The van der Waals surface area contributed by atoms with Crippen molar-refractivity contribution in [2.75, 3.05) is 5.32 Å². The summed E-state index contributed by atoms with van der Waals surface area (Å²) in [5, 5.41) is 3.05. The second-order valence-corrected chi connectivity index (χ2v) is 6.95. The number of hydrogen-bond donors (Lipinski definition) is 1. The summed E-state index contributed by atoms with van der Waals surface area (Å²) in [6, 6.07) is 3.01. The van der Waals surface area contributed by atoms with E-state index in [9.17, 15) is 17.6 Å². The molecule has 0 unspecified atom stereocenters. The van der Waals surface area contributed by atoms with Gasteiger partial charge in [0, 0.05) is 11.4 Å². The Bertz CT molecular complexity index is 821. The van der Waals surface area contributed by atoms with E-state index < -0.39 is 17.6 Å². The van der Waals surface area contributed by atoms with Crippen molar-refractivity contribution in [1.29, 1.82) is 0 Å². The Morgan fingerprint density at radius 2 is 1.68 bits per heavy atom. The number of nitrogens with zero attached hydrogens (tertiary/aromatic N) is 1. The molecule has 2 bridgehead atoms. The second-order valence-electron chi connectivity index (χ2n) is 6.95. The van der Waals surface area contributed by atoms with Crippen molar-refractivity contribution < 1.29 is 17.6 Å². The largest absolute Gasteiger partial charge is 0.419 e. The van der Waals surface area contributed by atoms with Gasteiger partial charge in [0.05, 0.1) is 17.4 Å². The first-order chi connectivity index (χ1) is 11.8. The number of aryl methyl sites for hydroxylation is 1. The molecule has 0 spiro atoms. The Morgan fingerprint density at radius 3 is 2.32 bits per heavy atom. The molecule has 1 N–H and O–H groups in total. The lowest BCUT2D eigenvalue weighted by Crippen LogP contribution is -2.24. The highest BCUT2D eigenvalue weighted by Gasteiger charge is 2.37. The summed E-state index contributed by atoms with van der Waals surface area (Å²) < 4.78 is 52.3. The third kappa shape index (κ3) is 2.77. The molecule has 25 heavy (non-hydrogen) atoms. The van der Waals surface area contributed by atoms with Gasteiger partial charge in [0.15, 0.2) is 0 Å². The number of rotatable bonds is 2. The minimum atomic E-state index is -4.72. The molecule has 2 aromatic rings. The SMILES string of the molecule is Cc1ncc(Nc2ccc(F)c(C(F)(F)F)c2)c2c1C1CCC2CC1. The van der Waals surface area contributed by atoms with E-state index in [1.165, 1.54) is 17.2 Å². The number of fused-ring (bicyclic) bond motifs is 2. The van der Waals surface area contributed by atoms with E-state index >= 15 is 0 Å². The standard InChI is InChI=1S/C19H18F4N2/c1-10-17-11-2-4-12(5-3-11)18(17)16(9-24-10)25-13-6-7-15(20)14(8-13)19(21,22)23/h6-9,11-12,25H,2-5H2,1H3. The van der Waals surface area contributed by atoms with Crippen molar-refractivity contribution in [2.45, 2.75) is 50.6 Å². The predicted octanol–water partition coefficient (Wildman–Crippen LogP) is 6.05. The highest BCUT2D eigenvalue weighted by Crippen LogP contribution is 2.52. The van der Waals surface area contributed by atoms with Crippen LogP contribution in [0, 0.1) is 12.7 Å². The molecule has 6 heteroatoms. The van der Waals surface area contributed by atoms with E-state index in [1.54, 1.807) is 6.20 Å². The maximum Gasteiger partial charge on any atom is 0.419 e. The Morgan fingerprint density at radius 1 is 1.04 bits per heavy atom. The van der Waals surface area contributed by atoms with Crippen LogP contribution in [0.5, 0.6) is 0 Å². The van der Waals surface area contributed by atoms with Crippen LogP contribution in [0.3, 0.4) is 0 Å². The van der Waals surface area contributed by atoms with Crippen LogP contribution in [0.25, 0.3) is 0 Å². The fourth-order valence-corrected chi connectivity index (χ4v) is 4.34. The van der Waals surface area contributed by atoms with Crippen LogP contribution in [0.2, 0.25) is 0 Å². The van der Waals surface area contributed by atoms with Crippen LogP contribution in [-0.2, 0) is 6.18 Å². The lowest BCUT2D eigenvalue weighted by atomic mass is 9.66. The molecular formula is C19H18F4N2. The van der Waals surface area contributed by atoms with E-state index in [1.807, 2.05) is 6.92 Å². The summed E-state index contributed by atoms with van der Waals surface area (Å²) in [6.45, 7) is 1.99. The number of hydrogen-bond acceptors (Lipinski definition) is 2. The first-order valence-electron chi connectivity index (χ1n) is 8.47. The van der Waals surface area contributed by atoms with Gasteiger partial charge in [0.1, 0.15) is 5.82 Å². The van der Waals surface area contributed by atoms with Gasteiger partial charge in [0.25, 0.3) is 0 Å². The maximum absolute atomic E-state index is 13.5. The number of anilines is 2. The van der Waals surface area contributed by atoms with Crippen molar-refractivity contribution in [3.05, 3.63) is 52.6 Å². The summed E-state index contributed by atoms with van der Waals surface area (Å²) in [6.07, 6.45) is 1.48. The van der Waals surface area contributed by atoms with Gasteiger partial charge in [-0.2, -0.15) is 13.2 Å². The molecule has 3 aliphatic carbocycles. The maximum atomic E-state index is 13.5. The smallest absolute Gasteiger partial charge is 0.354 e. The van der Waals surface area contributed by atoms with E-state index in [0.29, 0.717) is 11.8 Å². The van der Waals surface area contributed by atoms with Gasteiger partial charge in [-0.25, -0.2) is 4.39 Å². The number of halogens is 4. The lowest BCUT2D eigenvalue weighted by molar-refractivity contribution is -0.139. The molecule has 1 aromatic carbocycles. The third-order valence-corrected chi connectivity index (χ3v) is 5.45. The quantitative estimate of drug-likeness (QED) is 0.667. The van der Waals surface area contributed by atoms with Crippen LogP contribution in [0.4, 0.5) is 28.9 Å². The van der Waals surface area contributed by atoms with Crippen LogP contribution < -0.4 is 5.32 Å². The van der Waals surface area contributed by atoms with Gasteiger partial charge in [-0.05, 0) is 73.8 Å². The molecule has 0 aliphatic heterocycles. The van der Waals surface area contributed by atoms with Crippen LogP contribution in [0.1, 0.15) is 59.9 Å². The summed E-state index contributed by atoms with van der Waals surface area (Å²) in [5.74, 6) is -0.346. The molecule has 0 radical (unpaired) electrons. The molecule has 2 nitrogen and oxygen atoms in total. The van der Waals surface area contributed by atoms with Crippen molar-refractivity contribution in [2.24, 2.45) is 0 Å². The predicted molar refractivity (Wildman–Crippen MR) is 87.6 cm³/mol. The molecule has 5 rings (SSSR count). The Kier molecular flexibility index (Phi) is 3.74. The summed E-state index contributed by atoms with van der Waals surface area (Å²) in [7, 11) is 0. The second kappa shape index (κ2) is 5.71. The lowest BCUT2D eigenvalue weighted by Gasteiger charge is -2.40.